The Labute approximate surface area is 199 Å². The predicted octanol–water partition coefficient (Wildman–Crippen LogP) is 1.65. The zero-order chi connectivity index (χ0) is 24.9. The van der Waals surface area contributed by atoms with Crippen LogP contribution in [0.15, 0.2) is 24.3 Å². The molecule has 5 amide bonds. The van der Waals surface area contributed by atoms with E-state index in [0.717, 1.165) is 0 Å². The molecule has 0 unspecified atom stereocenters. The number of fused-ring (bicyclic) bond motifs is 1. The van der Waals surface area contributed by atoms with E-state index in [0.29, 0.717) is 50.1 Å². The van der Waals surface area contributed by atoms with Gasteiger partial charge in [-0.2, -0.15) is 0 Å². The van der Waals surface area contributed by atoms with Crippen molar-refractivity contribution in [3.8, 4) is 0 Å². The number of nitrogens with one attached hydrogen (secondary N) is 1. The monoisotopic (exact) mass is 472 g/mol. The van der Waals surface area contributed by atoms with Gasteiger partial charge in [-0.05, 0) is 45.7 Å². The molecule has 1 aromatic carbocycles. The number of nitrogens with zero attached hydrogens (tertiary/aromatic N) is 3. The summed E-state index contributed by atoms with van der Waals surface area (Å²) in [7, 11) is 0. The molecule has 10 heteroatoms. The Hall–Kier alpha value is -3.43. The second-order valence-corrected chi connectivity index (χ2v) is 9.38. The zero-order valence-corrected chi connectivity index (χ0v) is 20.0. The SMILES string of the molecule is CC(C)(C)OC(=O)NCC(=O)N1CCCN(C(=O)CCCN2C(=O)c3ccccc3C2=O)CC1. The molecule has 0 atom stereocenters. The number of benzene rings is 1. The van der Waals surface area contributed by atoms with Crippen LogP contribution in [0.5, 0.6) is 0 Å². The molecule has 10 nitrogen and oxygen atoms in total. The quantitative estimate of drug-likeness (QED) is 0.630. The lowest BCUT2D eigenvalue weighted by atomic mass is 10.1. The second-order valence-electron chi connectivity index (χ2n) is 9.38. The van der Waals surface area contributed by atoms with Crippen LogP contribution in [0, 0.1) is 0 Å². The zero-order valence-electron chi connectivity index (χ0n) is 20.0. The average molecular weight is 473 g/mol. The van der Waals surface area contributed by atoms with Crippen molar-refractivity contribution in [2.24, 2.45) is 0 Å². The highest BCUT2D eigenvalue weighted by Crippen LogP contribution is 2.22. The summed E-state index contributed by atoms with van der Waals surface area (Å²) in [5.74, 6) is -0.947. The van der Waals surface area contributed by atoms with Gasteiger partial charge in [-0.1, -0.05) is 12.1 Å². The van der Waals surface area contributed by atoms with Gasteiger partial charge in [-0.25, -0.2) is 4.79 Å². The largest absolute Gasteiger partial charge is 0.444 e. The van der Waals surface area contributed by atoms with Crippen LogP contribution >= 0.6 is 0 Å². The lowest BCUT2D eigenvalue weighted by Gasteiger charge is -2.23. The van der Waals surface area contributed by atoms with E-state index < -0.39 is 11.7 Å². The average Bonchev–Trinajstić information content (AvgIpc) is 2.94. The van der Waals surface area contributed by atoms with E-state index in [9.17, 15) is 24.0 Å². The third kappa shape index (κ3) is 6.33. The van der Waals surface area contributed by atoms with Crippen LogP contribution in [0.1, 0.15) is 60.7 Å². The fourth-order valence-electron chi connectivity index (χ4n) is 3.98. The van der Waals surface area contributed by atoms with E-state index in [4.69, 9.17) is 4.74 Å². The van der Waals surface area contributed by atoms with E-state index in [1.54, 1.807) is 54.8 Å². The van der Waals surface area contributed by atoms with Crippen LogP contribution in [0.2, 0.25) is 0 Å². The van der Waals surface area contributed by atoms with Gasteiger partial charge in [0, 0.05) is 39.1 Å². The Kier molecular flexibility index (Phi) is 7.90. The van der Waals surface area contributed by atoms with Gasteiger partial charge < -0.3 is 19.9 Å². The van der Waals surface area contributed by atoms with Gasteiger partial charge in [0.05, 0.1) is 11.1 Å². The number of rotatable bonds is 6. The molecule has 1 fully saturated rings. The molecule has 2 aliphatic heterocycles. The summed E-state index contributed by atoms with van der Waals surface area (Å²) < 4.78 is 5.14. The van der Waals surface area contributed by atoms with Crippen molar-refractivity contribution < 1.29 is 28.7 Å². The third-order valence-corrected chi connectivity index (χ3v) is 5.63. The molecule has 1 N–H and O–H groups in total. The van der Waals surface area contributed by atoms with Crippen LogP contribution in [-0.2, 0) is 14.3 Å². The summed E-state index contributed by atoms with van der Waals surface area (Å²) in [6.07, 6.45) is 0.568. The van der Waals surface area contributed by atoms with Crippen LogP contribution in [0.25, 0.3) is 0 Å². The minimum atomic E-state index is -0.648. The highest BCUT2D eigenvalue weighted by atomic mass is 16.6. The molecule has 1 saturated heterocycles. The normalized spacial score (nSPS) is 16.3. The van der Waals surface area contributed by atoms with Gasteiger partial charge in [0.25, 0.3) is 11.8 Å². The predicted molar refractivity (Wildman–Crippen MR) is 123 cm³/mol. The molecule has 0 radical (unpaired) electrons. The Morgan fingerprint density at radius 3 is 2.03 bits per heavy atom. The molecule has 34 heavy (non-hydrogen) atoms. The first-order valence-corrected chi connectivity index (χ1v) is 11.5. The van der Waals surface area contributed by atoms with Gasteiger partial charge in [0.2, 0.25) is 11.8 Å². The highest BCUT2D eigenvalue weighted by molar-refractivity contribution is 6.21. The van der Waals surface area contributed by atoms with Crippen LogP contribution in [0.3, 0.4) is 0 Å². The van der Waals surface area contributed by atoms with Crippen molar-refractivity contribution in [2.45, 2.75) is 45.6 Å². The second kappa shape index (κ2) is 10.7. The maximum atomic E-state index is 12.7. The summed E-state index contributed by atoms with van der Waals surface area (Å²) in [4.78, 5) is 66.3. The molecule has 1 aromatic rings. The number of amides is 5. The molecule has 0 aromatic heterocycles. The number of hydrogen-bond acceptors (Lipinski definition) is 6. The number of carbonyl (C=O) groups is 5. The molecule has 0 bridgehead atoms. The first-order chi connectivity index (χ1) is 16.1. The van der Waals surface area contributed by atoms with Crippen molar-refractivity contribution in [1.29, 1.82) is 0 Å². The standard InChI is InChI=1S/C24H32N4O6/c1-24(2,3)34-23(33)25-16-20(30)27-12-7-11-26(14-15-27)19(29)10-6-13-28-21(31)17-8-4-5-9-18(17)22(28)32/h4-5,8-9H,6-7,10-16H2,1-3H3,(H,25,33). The molecule has 2 heterocycles. The molecular formula is C24H32N4O6. The van der Waals surface area contributed by atoms with Crippen molar-refractivity contribution >= 4 is 29.7 Å². The first-order valence-electron chi connectivity index (χ1n) is 11.5. The van der Waals surface area contributed by atoms with Crippen molar-refractivity contribution in [1.82, 2.24) is 20.0 Å². The number of carbonyl (C=O) groups excluding carboxylic acids is 5. The van der Waals surface area contributed by atoms with Crippen LogP contribution in [0.4, 0.5) is 4.79 Å². The Bertz CT molecular complexity index is 935. The van der Waals surface area contributed by atoms with E-state index in [-0.39, 0.29) is 43.1 Å². The smallest absolute Gasteiger partial charge is 0.408 e. The maximum Gasteiger partial charge on any atom is 0.408 e. The van der Waals surface area contributed by atoms with E-state index in [1.807, 2.05) is 0 Å². The molecule has 0 aliphatic carbocycles. The van der Waals surface area contributed by atoms with Crippen molar-refractivity contribution in [3.05, 3.63) is 35.4 Å². The lowest BCUT2D eigenvalue weighted by molar-refractivity contribution is -0.133. The number of imide groups is 1. The van der Waals surface area contributed by atoms with Gasteiger partial charge in [-0.15, -0.1) is 0 Å². The fraction of sp³-hybridized carbons (Fsp3) is 0.542. The summed E-state index contributed by atoms with van der Waals surface area (Å²) in [5.41, 5.74) is 0.158. The molecular weight excluding hydrogens is 440 g/mol. The molecule has 2 aliphatic rings. The minimum Gasteiger partial charge on any atom is -0.444 e. The Balaban J connectivity index is 1.41. The Morgan fingerprint density at radius 2 is 1.47 bits per heavy atom. The first kappa shape index (κ1) is 25.2. The molecule has 3 rings (SSSR count). The lowest BCUT2D eigenvalue weighted by Crippen LogP contribution is -2.43. The van der Waals surface area contributed by atoms with Crippen LogP contribution < -0.4 is 5.32 Å². The summed E-state index contributed by atoms with van der Waals surface area (Å²) in [6, 6.07) is 6.71. The van der Waals surface area contributed by atoms with Crippen molar-refractivity contribution in [2.75, 3.05) is 39.3 Å². The van der Waals surface area contributed by atoms with Crippen molar-refractivity contribution in [3.63, 3.8) is 0 Å². The number of ether oxygens (including phenoxy) is 1. The highest BCUT2D eigenvalue weighted by Gasteiger charge is 2.34. The van der Waals surface area contributed by atoms with Gasteiger partial charge in [-0.3, -0.25) is 24.1 Å². The third-order valence-electron chi connectivity index (χ3n) is 5.63. The van der Waals surface area contributed by atoms with Gasteiger partial charge >= 0.3 is 6.09 Å². The summed E-state index contributed by atoms with van der Waals surface area (Å²) in [5, 5.41) is 2.47. The maximum absolute atomic E-state index is 12.7. The number of alkyl carbamates (subject to hydrolysis) is 1. The van der Waals surface area contributed by atoms with Gasteiger partial charge in [0.15, 0.2) is 0 Å². The number of hydrogen-bond donors (Lipinski definition) is 1. The summed E-state index contributed by atoms with van der Waals surface area (Å²) >= 11 is 0. The molecule has 0 spiro atoms. The minimum absolute atomic E-state index is 0.0715. The summed E-state index contributed by atoms with van der Waals surface area (Å²) in [6.45, 7) is 7.04. The molecule has 0 saturated carbocycles. The van der Waals surface area contributed by atoms with E-state index >= 15 is 0 Å². The van der Waals surface area contributed by atoms with Gasteiger partial charge in [0.1, 0.15) is 12.1 Å². The van der Waals surface area contributed by atoms with E-state index in [1.165, 1.54) is 4.90 Å². The molecule has 184 valence electrons. The van der Waals surface area contributed by atoms with Crippen LogP contribution in [-0.4, -0.2) is 89.3 Å². The topological polar surface area (TPSA) is 116 Å². The fourth-order valence-corrected chi connectivity index (χ4v) is 3.98. The Morgan fingerprint density at radius 1 is 0.912 bits per heavy atom. The van der Waals surface area contributed by atoms with E-state index in [2.05, 4.69) is 5.32 Å².